The van der Waals surface area contributed by atoms with Gasteiger partial charge in [0, 0.05) is 9.13 Å². The van der Waals surface area contributed by atoms with Gasteiger partial charge in [0.25, 0.3) is 0 Å². The molecule has 0 aliphatic carbocycles. The Morgan fingerprint density at radius 2 is 2.00 bits per heavy atom. The molecule has 0 atom stereocenters. The van der Waals surface area contributed by atoms with Crippen molar-refractivity contribution in [2.24, 2.45) is 0 Å². The molecule has 16 heavy (non-hydrogen) atoms. The number of rotatable bonds is 1. The number of hydrogen-bond acceptors (Lipinski definition) is 2. The highest BCUT2D eigenvalue weighted by Gasteiger charge is 2.38. The van der Waals surface area contributed by atoms with E-state index in [0.717, 1.165) is 13.0 Å². The van der Waals surface area contributed by atoms with Crippen molar-refractivity contribution in [2.45, 2.75) is 13.1 Å². The van der Waals surface area contributed by atoms with Crippen molar-refractivity contribution in [3.63, 3.8) is 0 Å². The number of benzene rings is 1. The highest BCUT2D eigenvalue weighted by Crippen LogP contribution is 2.36. The van der Waals surface area contributed by atoms with Crippen LogP contribution in [0.2, 0.25) is 0 Å². The summed E-state index contributed by atoms with van der Waals surface area (Å²) in [5.74, 6) is -0.700. The zero-order valence-corrected chi connectivity index (χ0v) is 10.2. The number of ketones is 1. The Kier molecular flexibility index (Phi) is 3.57. The van der Waals surface area contributed by atoms with Crippen molar-refractivity contribution >= 4 is 28.4 Å². The van der Waals surface area contributed by atoms with Crippen molar-refractivity contribution in [1.29, 1.82) is 5.26 Å². The Bertz CT molecular complexity index is 488. The van der Waals surface area contributed by atoms with Crippen LogP contribution in [0.5, 0.6) is 0 Å². The van der Waals surface area contributed by atoms with Crippen LogP contribution in [0.1, 0.15) is 28.4 Å². The number of alkyl halides is 3. The van der Waals surface area contributed by atoms with Crippen molar-refractivity contribution in [1.82, 2.24) is 0 Å². The molecule has 0 amide bonds. The summed E-state index contributed by atoms with van der Waals surface area (Å²) >= 11 is 1.64. The van der Waals surface area contributed by atoms with Crippen LogP contribution in [0.4, 0.5) is 13.2 Å². The van der Waals surface area contributed by atoms with E-state index in [2.05, 4.69) is 0 Å². The van der Waals surface area contributed by atoms with Gasteiger partial charge in [0.1, 0.15) is 0 Å². The largest absolute Gasteiger partial charge is 0.418 e. The molecular weight excluding hydrogens is 334 g/mol. The number of Topliss-reactive ketones (excluding diaryl/α,β-unsaturated/α-hetero) is 1. The minimum Gasteiger partial charge on any atom is -0.294 e. The van der Waals surface area contributed by atoms with E-state index in [4.69, 9.17) is 5.26 Å². The van der Waals surface area contributed by atoms with Crippen molar-refractivity contribution in [3.05, 3.63) is 32.4 Å². The molecule has 0 unspecified atom stereocenters. The van der Waals surface area contributed by atoms with Gasteiger partial charge >= 0.3 is 6.18 Å². The maximum Gasteiger partial charge on any atom is 0.418 e. The maximum absolute atomic E-state index is 12.7. The molecule has 0 heterocycles. The molecule has 6 heteroatoms. The average Bonchev–Trinajstić information content (AvgIpc) is 2.15. The number of nitrogens with zero attached hydrogens (tertiary/aromatic N) is 1. The summed E-state index contributed by atoms with van der Waals surface area (Å²) in [5.41, 5.74) is -2.11. The van der Waals surface area contributed by atoms with Crippen LogP contribution in [-0.2, 0) is 6.18 Å². The van der Waals surface area contributed by atoms with Gasteiger partial charge in [-0.15, -0.1) is 0 Å². The van der Waals surface area contributed by atoms with Gasteiger partial charge in [0.2, 0.25) is 0 Å². The fraction of sp³-hybridized carbons (Fsp3) is 0.200. The van der Waals surface area contributed by atoms with Crippen molar-refractivity contribution < 1.29 is 18.0 Å². The highest BCUT2D eigenvalue weighted by atomic mass is 127. The van der Waals surface area contributed by atoms with Crippen molar-refractivity contribution in [2.75, 3.05) is 0 Å². The smallest absolute Gasteiger partial charge is 0.294 e. The molecule has 0 N–H and O–H groups in total. The van der Waals surface area contributed by atoms with E-state index < -0.39 is 28.6 Å². The molecular formula is C10H5F3INO. The predicted octanol–water partition coefficient (Wildman–Crippen LogP) is 3.38. The Labute approximate surface area is 103 Å². The van der Waals surface area contributed by atoms with E-state index in [1.807, 2.05) is 0 Å². The Morgan fingerprint density at radius 1 is 1.44 bits per heavy atom. The summed E-state index contributed by atoms with van der Waals surface area (Å²) in [7, 11) is 0. The van der Waals surface area contributed by atoms with Gasteiger partial charge in [-0.1, -0.05) is 0 Å². The van der Waals surface area contributed by atoms with Crippen LogP contribution in [-0.4, -0.2) is 5.78 Å². The first kappa shape index (κ1) is 13.0. The fourth-order valence-electron chi connectivity index (χ4n) is 1.31. The fourth-order valence-corrected chi connectivity index (χ4v) is 2.14. The number of hydrogen-bond donors (Lipinski definition) is 0. The zero-order chi connectivity index (χ0) is 12.5. The molecule has 0 aliphatic rings. The molecule has 0 saturated heterocycles. The van der Waals surface area contributed by atoms with Crippen LogP contribution in [0.3, 0.4) is 0 Å². The maximum atomic E-state index is 12.7. The van der Waals surface area contributed by atoms with Crippen LogP contribution in [0.25, 0.3) is 0 Å². The lowest BCUT2D eigenvalue weighted by Crippen LogP contribution is -2.15. The molecule has 0 aliphatic heterocycles. The third-order valence-corrected chi connectivity index (χ3v) is 2.81. The van der Waals surface area contributed by atoms with Gasteiger partial charge < -0.3 is 0 Å². The van der Waals surface area contributed by atoms with E-state index in [1.54, 1.807) is 22.6 Å². The Balaban J connectivity index is 3.71. The molecule has 1 aromatic carbocycles. The molecule has 0 fully saturated rings. The first-order valence-electron chi connectivity index (χ1n) is 4.09. The van der Waals surface area contributed by atoms with E-state index in [9.17, 15) is 18.0 Å². The van der Waals surface area contributed by atoms with Crippen molar-refractivity contribution in [3.8, 4) is 6.07 Å². The second-order valence-corrected chi connectivity index (χ2v) is 4.17. The second-order valence-electron chi connectivity index (χ2n) is 3.01. The number of carbonyl (C=O) groups is 1. The quantitative estimate of drug-likeness (QED) is 0.581. The number of carbonyl (C=O) groups excluding carboxylic acids is 1. The van der Waals surface area contributed by atoms with Crippen LogP contribution >= 0.6 is 22.6 Å². The van der Waals surface area contributed by atoms with Gasteiger partial charge in [-0.3, -0.25) is 4.79 Å². The second kappa shape index (κ2) is 4.41. The van der Waals surface area contributed by atoms with E-state index >= 15 is 0 Å². The van der Waals surface area contributed by atoms with Crippen LogP contribution < -0.4 is 0 Å². The van der Waals surface area contributed by atoms with E-state index in [1.165, 1.54) is 12.1 Å². The monoisotopic (exact) mass is 339 g/mol. The topological polar surface area (TPSA) is 40.9 Å². The Hall–Kier alpha value is -1.10. The minimum absolute atomic E-state index is 0.191. The average molecular weight is 339 g/mol. The third kappa shape index (κ3) is 2.35. The van der Waals surface area contributed by atoms with E-state index in [0.29, 0.717) is 0 Å². The molecule has 0 aromatic heterocycles. The molecule has 0 bridgehead atoms. The first-order chi connectivity index (χ1) is 7.29. The van der Waals surface area contributed by atoms with Gasteiger partial charge in [-0.05, 0) is 41.6 Å². The molecule has 84 valence electrons. The summed E-state index contributed by atoms with van der Waals surface area (Å²) < 4.78 is 38.4. The van der Waals surface area contributed by atoms with E-state index in [-0.39, 0.29) is 3.57 Å². The van der Waals surface area contributed by atoms with Crippen LogP contribution in [0, 0.1) is 14.9 Å². The normalized spacial score (nSPS) is 11.0. The minimum atomic E-state index is -4.70. The lowest BCUT2D eigenvalue weighted by Gasteiger charge is -2.13. The predicted molar refractivity (Wildman–Crippen MR) is 58.9 cm³/mol. The van der Waals surface area contributed by atoms with Gasteiger partial charge in [-0.2, -0.15) is 18.4 Å². The molecule has 2 nitrogen and oxygen atoms in total. The summed E-state index contributed by atoms with van der Waals surface area (Å²) in [6.07, 6.45) is -4.70. The summed E-state index contributed by atoms with van der Waals surface area (Å²) in [5, 5.41) is 8.62. The Morgan fingerprint density at radius 3 is 2.38 bits per heavy atom. The zero-order valence-electron chi connectivity index (χ0n) is 8.02. The highest BCUT2D eigenvalue weighted by molar-refractivity contribution is 14.1. The molecule has 0 spiro atoms. The lowest BCUT2D eigenvalue weighted by molar-refractivity contribution is -0.138. The molecule has 1 rings (SSSR count). The van der Waals surface area contributed by atoms with Crippen LogP contribution in [0.15, 0.2) is 12.1 Å². The van der Waals surface area contributed by atoms with Gasteiger partial charge in [0.15, 0.2) is 5.78 Å². The van der Waals surface area contributed by atoms with Gasteiger partial charge in [0.05, 0.1) is 17.2 Å². The summed E-state index contributed by atoms with van der Waals surface area (Å²) in [4.78, 5) is 11.2. The molecule has 0 saturated carbocycles. The molecule has 0 radical (unpaired) electrons. The number of halogens is 4. The first-order valence-corrected chi connectivity index (χ1v) is 5.17. The third-order valence-electron chi connectivity index (χ3n) is 1.91. The number of nitriles is 1. The summed E-state index contributed by atoms with van der Waals surface area (Å²) in [6.45, 7) is 1.05. The van der Waals surface area contributed by atoms with Gasteiger partial charge in [-0.25, -0.2) is 0 Å². The SMILES string of the molecule is CC(=O)c1c(I)ccc(C#N)c1C(F)(F)F. The standard InChI is InChI=1S/C10H5F3INO/c1-5(16)8-7(14)3-2-6(4-15)9(8)10(11,12)13/h2-3H,1H3. The lowest BCUT2D eigenvalue weighted by atomic mass is 9.99. The summed E-state index contributed by atoms with van der Waals surface area (Å²) in [6, 6.07) is 3.84. The molecule has 1 aromatic rings.